The third-order valence-corrected chi connectivity index (χ3v) is 4.09. The molecule has 0 radical (unpaired) electrons. The summed E-state index contributed by atoms with van der Waals surface area (Å²) in [6.07, 6.45) is 0. The molecule has 2 N–H and O–H groups in total. The van der Waals surface area contributed by atoms with Crippen molar-refractivity contribution in [2.75, 3.05) is 5.75 Å². The summed E-state index contributed by atoms with van der Waals surface area (Å²) in [5.41, 5.74) is 0. The van der Waals surface area contributed by atoms with Gasteiger partial charge in [0.05, 0.1) is 5.37 Å². The molecule has 0 aliphatic carbocycles. The third-order valence-electron chi connectivity index (χ3n) is 2.64. The molecule has 1 heterocycles. The fourth-order valence-corrected chi connectivity index (χ4v) is 2.81. The third kappa shape index (κ3) is 2.61. The first-order valence-electron chi connectivity index (χ1n) is 4.63. The maximum Gasteiger partial charge on any atom is 0.321 e. The Bertz CT molecular complexity index is 196. The standard InChI is InChI=1S/C9H17NO2S/c1-5(2)6(3)8-10-7(4-13-8)9(11)12/h5-8,10H,4H2,1-3H3,(H,11,12). The monoisotopic (exact) mass is 203 g/mol. The molecule has 0 aromatic heterocycles. The molecule has 1 aliphatic rings. The van der Waals surface area contributed by atoms with Crippen LogP contribution in [0, 0.1) is 11.8 Å². The van der Waals surface area contributed by atoms with Crippen LogP contribution in [0.15, 0.2) is 0 Å². The van der Waals surface area contributed by atoms with Gasteiger partial charge < -0.3 is 5.11 Å². The van der Waals surface area contributed by atoms with Crippen molar-refractivity contribution >= 4 is 17.7 Å². The van der Waals surface area contributed by atoms with Gasteiger partial charge in [0.15, 0.2) is 0 Å². The van der Waals surface area contributed by atoms with Gasteiger partial charge in [-0.15, -0.1) is 11.8 Å². The molecule has 3 atom stereocenters. The number of carbonyl (C=O) groups is 1. The zero-order valence-corrected chi connectivity index (χ0v) is 9.10. The lowest BCUT2D eigenvalue weighted by atomic mass is 9.98. The van der Waals surface area contributed by atoms with Crippen molar-refractivity contribution in [2.45, 2.75) is 32.2 Å². The second-order valence-corrected chi connectivity index (χ2v) is 5.09. The number of thioether (sulfide) groups is 1. The largest absolute Gasteiger partial charge is 0.480 e. The van der Waals surface area contributed by atoms with Crippen LogP contribution in [0.5, 0.6) is 0 Å². The molecule has 1 aliphatic heterocycles. The van der Waals surface area contributed by atoms with Gasteiger partial charge in [0.25, 0.3) is 0 Å². The highest BCUT2D eigenvalue weighted by Gasteiger charge is 2.33. The molecule has 1 saturated heterocycles. The average molecular weight is 203 g/mol. The predicted molar refractivity (Wildman–Crippen MR) is 54.8 cm³/mol. The quantitative estimate of drug-likeness (QED) is 0.728. The van der Waals surface area contributed by atoms with Gasteiger partial charge in [-0.3, -0.25) is 10.1 Å². The molecule has 1 fully saturated rings. The SMILES string of the molecule is CC(C)C(C)C1NC(C(=O)O)CS1. The van der Waals surface area contributed by atoms with E-state index in [1.54, 1.807) is 11.8 Å². The van der Waals surface area contributed by atoms with Crippen molar-refractivity contribution in [3.8, 4) is 0 Å². The number of rotatable bonds is 3. The topological polar surface area (TPSA) is 49.3 Å². The van der Waals surface area contributed by atoms with Crippen LogP contribution in [0.3, 0.4) is 0 Å². The smallest absolute Gasteiger partial charge is 0.321 e. The van der Waals surface area contributed by atoms with Gasteiger partial charge in [-0.25, -0.2) is 0 Å². The minimum Gasteiger partial charge on any atom is -0.480 e. The summed E-state index contributed by atoms with van der Waals surface area (Å²) in [6, 6.07) is -0.351. The Labute approximate surface area is 83.3 Å². The Morgan fingerprint density at radius 2 is 2.15 bits per heavy atom. The Morgan fingerprint density at radius 3 is 2.54 bits per heavy atom. The first-order chi connectivity index (χ1) is 6.02. The Hall–Kier alpha value is -0.220. The van der Waals surface area contributed by atoms with E-state index >= 15 is 0 Å². The Kier molecular flexibility index (Phi) is 3.62. The molecule has 0 saturated carbocycles. The van der Waals surface area contributed by atoms with E-state index in [0.29, 0.717) is 23.0 Å². The number of hydrogen-bond acceptors (Lipinski definition) is 3. The van der Waals surface area contributed by atoms with Crippen LogP contribution >= 0.6 is 11.8 Å². The lowest BCUT2D eigenvalue weighted by Crippen LogP contribution is -2.39. The average Bonchev–Trinajstić information content (AvgIpc) is 2.50. The summed E-state index contributed by atoms with van der Waals surface area (Å²) in [5.74, 6) is 1.08. The van der Waals surface area contributed by atoms with Crippen LogP contribution in [-0.2, 0) is 4.79 Å². The number of hydrogen-bond donors (Lipinski definition) is 2. The fraction of sp³-hybridized carbons (Fsp3) is 0.889. The van der Waals surface area contributed by atoms with Crippen molar-refractivity contribution in [1.82, 2.24) is 5.32 Å². The summed E-state index contributed by atoms with van der Waals surface area (Å²) in [6.45, 7) is 6.50. The normalized spacial score (nSPS) is 30.8. The van der Waals surface area contributed by atoms with Crippen LogP contribution in [-0.4, -0.2) is 28.2 Å². The van der Waals surface area contributed by atoms with E-state index in [9.17, 15) is 4.79 Å². The number of aliphatic carboxylic acids is 1. The summed E-state index contributed by atoms with van der Waals surface area (Å²) in [7, 11) is 0. The maximum absolute atomic E-state index is 10.7. The van der Waals surface area contributed by atoms with E-state index in [1.165, 1.54) is 0 Å². The predicted octanol–water partition coefficient (Wildman–Crippen LogP) is 1.39. The van der Waals surface area contributed by atoms with E-state index < -0.39 is 5.97 Å². The second kappa shape index (κ2) is 4.33. The fourth-order valence-electron chi connectivity index (χ4n) is 1.29. The summed E-state index contributed by atoms with van der Waals surface area (Å²) >= 11 is 1.72. The summed E-state index contributed by atoms with van der Waals surface area (Å²) < 4.78 is 0. The molecule has 13 heavy (non-hydrogen) atoms. The highest BCUT2D eigenvalue weighted by Crippen LogP contribution is 2.29. The molecule has 0 amide bonds. The van der Waals surface area contributed by atoms with Crippen LogP contribution in [0.2, 0.25) is 0 Å². The van der Waals surface area contributed by atoms with Crippen LogP contribution < -0.4 is 5.32 Å². The Balaban J connectivity index is 2.45. The molecule has 3 unspecified atom stereocenters. The van der Waals surface area contributed by atoms with E-state index in [1.807, 2.05) is 0 Å². The lowest BCUT2D eigenvalue weighted by molar-refractivity contribution is -0.138. The van der Waals surface area contributed by atoms with Gasteiger partial charge in [-0.1, -0.05) is 20.8 Å². The molecule has 0 spiro atoms. The minimum absolute atomic E-state index is 0.307. The summed E-state index contributed by atoms with van der Waals surface area (Å²) in [5, 5.41) is 12.2. The van der Waals surface area contributed by atoms with Crippen LogP contribution in [0.4, 0.5) is 0 Å². The van der Waals surface area contributed by atoms with Crippen LogP contribution in [0.25, 0.3) is 0 Å². The zero-order chi connectivity index (χ0) is 10.0. The van der Waals surface area contributed by atoms with Gasteiger partial charge >= 0.3 is 5.97 Å². The van der Waals surface area contributed by atoms with Gasteiger partial charge in [0.2, 0.25) is 0 Å². The van der Waals surface area contributed by atoms with E-state index in [-0.39, 0.29) is 6.04 Å². The highest BCUT2D eigenvalue weighted by molar-refractivity contribution is 8.00. The molecule has 0 aromatic carbocycles. The van der Waals surface area contributed by atoms with E-state index in [2.05, 4.69) is 26.1 Å². The van der Waals surface area contributed by atoms with Crippen LogP contribution in [0.1, 0.15) is 20.8 Å². The first-order valence-corrected chi connectivity index (χ1v) is 5.67. The van der Waals surface area contributed by atoms with Crippen molar-refractivity contribution in [3.05, 3.63) is 0 Å². The number of carboxylic acid groups (broad SMARTS) is 1. The van der Waals surface area contributed by atoms with E-state index in [4.69, 9.17) is 5.11 Å². The lowest BCUT2D eigenvalue weighted by Gasteiger charge is -2.22. The second-order valence-electron chi connectivity index (χ2n) is 3.91. The van der Waals surface area contributed by atoms with Gasteiger partial charge in [0.1, 0.15) is 6.04 Å². The van der Waals surface area contributed by atoms with Gasteiger partial charge in [-0.2, -0.15) is 0 Å². The van der Waals surface area contributed by atoms with Gasteiger partial charge in [-0.05, 0) is 11.8 Å². The van der Waals surface area contributed by atoms with Crippen molar-refractivity contribution in [1.29, 1.82) is 0 Å². The first kappa shape index (κ1) is 10.9. The van der Waals surface area contributed by atoms with E-state index in [0.717, 1.165) is 0 Å². The minimum atomic E-state index is -0.731. The summed E-state index contributed by atoms with van der Waals surface area (Å²) in [4.78, 5) is 10.7. The zero-order valence-electron chi connectivity index (χ0n) is 8.28. The highest BCUT2D eigenvalue weighted by atomic mass is 32.2. The van der Waals surface area contributed by atoms with Crippen molar-refractivity contribution in [3.63, 3.8) is 0 Å². The number of nitrogens with one attached hydrogen (secondary N) is 1. The maximum atomic E-state index is 10.7. The van der Waals surface area contributed by atoms with Gasteiger partial charge in [0, 0.05) is 5.75 Å². The molecule has 4 heteroatoms. The molecule has 76 valence electrons. The molecule has 0 aromatic rings. The molecule has 0 bridgehead atoms. The molecule has 1 rings (SSSR count). The van der Waals surface area contributed by atoms with Crippen molar-refractivity contribution < 1.29 is 9.90 Å². The molecular weight excluding hydrogens is 186 g/mol. The Morgan fingerprint density at radius 1 is 1.54 bits per heavy atom. The molecule has 3 nitrogen and oxygen atoms in total. The van der Waals surface area contributed by atoms with Crippen molar-refractivity contribution in [2.24, 2.45) is 11.8 Å². The molecular formula is C9H17NO2S. The number of carboxylic acids is 1.